The average Bonchev–Trinajstić information content (AvgIpc) is 2.33. The molecule has 0 aromatic rings. The first-order valence-corrected chi connectivity index (χ1v) is 6.68. The molecule has 0 aliphatic heterocycles. The van der Waals surface area contributed by atoms with Crippen LogP contribution < -0.4 is 0 Å². The van der Waals surface area contributed by atoms with Crippen LogP contribution in [0.3, 0.4) is 0 Å². The van der Waals surface area contributed by atoms with Crippen LogP contribution in [0.5, 0.6) is 0 Å². The molecule has 2 heteroatoms. The molecule has 0 unspecified atom stereocenters. The highest BCUT2D eigenvalue weighted by atomic mass is 16.5. The van der Waals surface area contributed by atoms with Crippen molar-refractivity contribution in [2.45, 2.75) is 57.8 Å². The zero-order valence-corrected chi connectivity index (χ0v) is 11.0. The van der Waals surface area contributed by atoms with Crippen LogP contribution in [0.4, 0.5) is 0 Å². The van der Waals surface area contributed by atoms with E-state index >= 15 is 0 Å². The van der Waals surface area contributed by atoms with Crippen molar-refractivity contribution in [1.29, 1.82) is 0 Å². The molecule has 0 radical (unpaired) electrons. The quantitative estimate of drug-likeness (QED) is 0.286. The Morgan fingerprint density at radius 3 is 2.12 bits per heavy atom. The largest absolute Gasteiger partial charge is 0.466 e. The highest BCUT2D eigenvalue weighted by molar-refractivity contribution is 5.69. The van der Waals surface area contributed by atoms with Crippen LogP contribution in [-0.4, -0.2) is 12.6 Å². The average molecular weight is 238 g/mol. The van der Waals surface area contributed by atoms with E-state index in [1.165, 1.54) is 12.8 Å². The Morgan fingerprint density at radius 2 is 1.47 bits per heavy atom. The van der Waals surface area contributed by atoms with Crippen LogP contribution in [0, 0.1) is 0 Å². The molecule has 0 aromatic carbocycles. The third-order valence-electron chi connectivity index (χ3n) is 2.60. The van der Waals surface area contributed by atoms with Gasteiger partial charge in [0.05, 0.1) is 6.61 Å². The summed E-state index contributed by atoms with van der Waals surface area (Å²) < 4.78 is 5.13. The van der Waals surface area contributed by atoms with E-state index in [4.69, 9.17) is 4.74 Å². The summed E-state index contributed by atoms with van der Waals surface area (Å²) >= 11 is 0. The smallest absolute Gasteiger partial charge is 0.305 e. The second-order valence-corrected chi connectivity index (χ2v) is 4.25. The van der Waals surface area contributed by atoms with Crippen molar-refractivity contribution in [3.05, 3.63) is 25.3 Å². The predicted molar refractivity (Wildman–Crippen MR) is 72.9 cm³/mol. The molecule has 17 heavy (non-hydrogen) atoms. The number of rotatable bonds is 12. The number of carbonyl (C=O) groups is 1. The molecular weight excluding hydrogens is 212 g/mol. The molecule has 0 rings (SSSR count). The van der Waals surface area contributed by atoms with Gasteiger partial charge in [-0.25, -0.2) is 0 Å². The Kier molecular flexibility index (Phi) is 12.2. The molecule has 2 nitrogen and oxygen atoms in total. The van der Waals surface area contributed by atoms with E-state index in [9.17, 15) is 4.79 Å². The standard InChI is InChI=1S/C15H26O2/c1-3-5-7-9-10-11-13-15(16)17-14-12-8-6-4-2/h3-4H,1-2,5-14H2. The number of hydrogen-bond donors (Lipinski definition) is 0. The molecule has 0 atom stereocenters. The van der Waals surface area contributed by atoms with Crippen molar-refractivity contribution in [3.8, 4) is 0 Å². The SMILES string of the molecule is C=CCCCCCCC(=O)OCCCCC=C. The molecule has 0 aliphatic carbocycles. The van der Waals surface area contributed by atoms with Gasteiger partial charge in [0, 0.05) is 6.42 Å². The summed E-state index contributed by atoms with van der Waals surface area (Å²) in [6.45, 7) is 7.89. The Morgan fingerprint density at radius 1 is 0.882 bits per heavy atom. The maximum Gasteiger partial charge on any atom is 0.305 e. The van der Waals surface area contributed by atoms with E-state index in [1.54, 1.807) is 0 Å². The number of esters is 1. The van der Waals surface area contributed by atoms with Crippen LogP contribution in [0.1, 0.15) is 57.8 Å². The first kappa shape index (κ1) is 16.0. The molecule has 0 bridgehead atoms. The van der Waals surface area contributed by atoms with Gasteiger partial charge in [-0.3, -0.25) is 4.79 Å². The summed E-state index contributed by atoms with van der Waals surface area (Å²) in [4.78, 5) is 11.3. The Labute approximate surface area is 106 Å². The third kappa shape index (κ3) is 12.9. The maximum absolute atomic E-state index is 11.3. The number of hydrogen-bond acceptors (Lipinski definition) is 2. The van der Waals surface area contributed by atoms with Gasteiger partial charge in [0.1, 0.15) is 0 Å². The molecule has 0 fully saturated rings. The summed E-state index contributed by atoms with van der Waals surface area (Å²) in [7, 11) is 0. The van der Waals surface area contributed by atoms with Crippen molar-refractivity contribution >= 4 is 5.97 Å². The second-order valence-electron chi connectivity index (χ2n) is 4.25. The molecule has 0 amide bonds. The van der Waals surface area contributed by atoms with Gasteiger partial charge in [-0.15, -0.1) is 13.2 Å². The van der Waals surface area contributed by atoms with Crippen molar-refractivity contribution in [2.24, 2.45) is 0 Å². The summed E-state index contributed by atoms with van der Waals surface area (Å²) in [6.07, 6.45) is 12.9. The highest BCUT2D eigenvalue weighted by Gasteiger charge is 2.01. The molecule has 98 valence electrons. The molecule has 0 aromatic heterocycles. The second kappa shape index (κ2) is 13.0. The van der Waals surface area contributed by atoms with Crippen LogP contribution in [0.15, 0.2) is 25.3 Å². The Balaban J connectivity index is 3.17. The fourth-order valence-electron chi connectivity index (χ4n) is 1.56. The van der Waals surface area contributed by atoms with E-state index in [1.807, 2.05) is 12.2 Å². The van der Waals surface area contributed by atoms with Gasteiger partial charge < -0.3 is 4.74 Å². The first-order valence-electron chi connectivity index (χ1n) is 6.68. The maximum atomic E-state index is 11.3. The van der Waals surface area contributed by atoms with Gasteiger partial charge in [0.2, 0.25) is 0 Å². The van der Waals surface area contributed by atoms with Crippen molar-refractivity contribution in [2.75, 3.05) is 6.61 Å². The summed E-state index contributed by atoms with van der Waals surface area (Å²) in [5.74, 6) is -0.0488. The van der Waals surface area contributed by atoms with Crippen LogP contribution in [0.2, 0.25) is 0 Å². The normalized spacial score (nSPS) is 9.88. The number of unbranched alkanes of at least 4 members (excludes halogenated alkanes) is 6. The van der Waals surface area contributed by atoms with Crippen molar-refractivity contribution in [3.63, 3.8) is 0 Å². The lowest BCUT2D eigenvalue weighted by Gasteiger charge is -2.04. The molecular formula is C15H26O2. The lowest BCUT2D eigenvalue weighted by atomic mass is 10.1. The minimum Gasteiger partial charge on any atom is -0.466 e. The number of carbonyl (C=O) groups excluding carboxylic acids is 1. The van der Waals surface area contributed by atoms with Crippen molar-refractivity contribution < 1.29 is 9.53 Å². The van der Waals surface area contributed by atoms with Crippen LogP contribution in [0.25, 0.3) is 0 Å². The fourth-order valence-corrected chi connectivity index (χ4v) is 1.56. The van der Waals surface area contributed by atoms with E-state index in [0.29, 0.717) is 13.0 Å². The van der Waals surface area contributed by atoms with E-state index in [2.05, 4.69) is 13.2 Å². The molecule has 0 heterocycles. The van der Waals surface area contributed by atoms with Gasteiger partial charge in [-0.1, -0.05) is 25.0 Å². The predicted octanol–water partition coefficient (Wildman–Crippen LogP) is 4.41. The van der Waals surface area contributed by atoms with Crippen molar-refractivity contribution in [1.82, 2.24) is 0 Å². The minimum atomic E-state index is -0.0488. The fraction of sp³-hybridized carbons (Fsp3) is 0.667. The van der Waals surface area contributed by atoms with Crippen LogP contribution >= 0.6 is 0 Å². The molecule has 0 spiro atoms. The zero-order chi connectivity index (χ0) is 12.8. The molecule has 0 aliphatic rings. The van der Waals surface area contributed by atoms with Crippen LogP contribution in [-0.2, 0) is 9.53 Å². The first-order chi connectivity index (χ1) is 8.31. The Hall–Kier alpha value is -1.05. The molecule has 0 saturated carbocycles. The highest BCUT2D eigenvalue weighted by Crippen LogP contribution is 2.06. The topological polar surface area (TPSA) is 26.3 Å². The lowest BCUT2D eigenvalue weighted by Crippen LogP contribution is -2.05. The van der Waals surface area contributed by atoms with Gasteiger partial charge in [-0.2, -0.15) is 0 Å². The Bertz CT molecular complexity index is 209. The zero-order valence-electron chi connectivity index (χ0n) is 11.0. The van der Waals surface area contributed by atoms with E-state index in [0.717, 1.165) is 38.5 Å². The monoisotopic (exact) mass is 238 g/mol. The number of allylic oxidation sites excluding steroid dienone is 2. The van der Waals surface area contributed by atoms with Gasteiger partial charge in [0.15, 0.2) is 0 Å². The minimum absolute atomic E-state index is 0.0488. The lowest BCUT2D eigenvalue weighted by molar-refractivity contribution is -0.143. The van der Waals surface area contributed by atoms with Gasteiger partial charge in [-0.05, 0) is 38.5 Å². The van der Waals surface area contributed by atoms with E-state index < -0.39 is 0 Å². The van der Waals surface area contributed by atoms with E-state index in [-0.39, 0.29) is 5.97 Å². The van der Waals surface area contributed by atoms with Gasteiger partial charge in [0.25, 0.3) is 0 Å². The third-order valence-corrected chi connectivity index (χ3v) is 2.60. The molecule has 0 saturated heterocycles. The summed E-state index contributed by atoms with van der Waals surface area (Å²) in [5, 5.41) is 0. The summed E-state index contributed by atoms with van der Waals surface area (Å²) in [5.41, 5.74) is 0. The summed E-state index contributed by atoms with van der Waals surface area (Å²) in [6, 6.07) is 0. The number of ether oxygens (including phenoxy) is 1. The van der Waals surface area contributed by atoms with Gasteiger partial charge >= 0.3 is 5.97 Å². The molecule has 0 N–H and O–H groups in total.